The standard InChI is InChI=1S/C58H96N4O14/c1-3-5-7-9-11-13-15-17-19-21-23-25-27-29-31-36-57(72)75-50-51(76-58(73)37-32-30-28-26-24-22-20-18-16-14-12-10-8-6-4-2)49-74-43-34-33-38-59-52(63)44-61(46-54(66)67)40-35-39-60(45-53(64)65)41-42-62(47-55(68)69)48-56(70)71/h5-8,11-14,17-20,51H,3-4,9-10,15-16,21-50H2,1-2H3,(H,59,63)(H,64,65)(H,66,67)(H,68,69)(H,70,71)/b7-5+,8-6+,13-11+,14-12+,19-17+,20-18+. The fourth-order valence-corrected chi connectivity index (χ4v) is 7.69. The fourth-order valence-electron chi connectivity index (χ4n) is 7.69. The molecule has 1 unspecified atom stereocenters. The number of hydrogen-bond acceptors (Lipinski definition) is 13. The normalized spacial score (nSPS) is 12.5. The molecule has 0 spiro atoms. The molecule has 0 aromatic rings. The highest BCUT2D eigenvalue weighted by Gasteiger charge is 2.20. The molecule has 0 heterocycles. The van der Waals surface area contributed by atoms with Gasteiger partial charge in [-0.1, -0.05) is 125 Å². The third-order valence-electron chi connectivity index (χ3n) is 11.6. The van der Waals surface area contributed by atoms with Gasteiger partial charge in [0.25, 0.3) is 0 Å². The van der Waals surface area contributed by atoms with Crippen LogP contribution in [0.15, 0.2) is 72.9 Å². The van der Waals surface area contributed by atoms with Crippen LogP contribution in [0.25, 0.3) is 0 Å². The van der Waals surface area contributed by atoms with Crippen molar-refractivity contribution in [1.29, 1.82) is 0 Å². The highest BCUT2D eigenvalue weighted by Crippen LogP contribution is 2.12. The summed E-state index contributed by atoms with van der Waals surface area (Å²) < 4.78 is 17.1. The largest absolute Gasteiger partial charge is 0.480 e. The van der Waals surface area contributed by atoms with Crippen molar-refractivity contribution >= 4 is 41.7 Å². The van der Waals surface area contributed by atoms with Crippen molar-refractivity contribution in [2.24, 2.45) is 0 Å². The summed E-state index contributed by atoms with van der Waals surface area (Å²) in [4.78, 5) is 87.8. The lowest BCUT2D eigenvalue weighted by molar-refractivity contribution is -0.163. The monoisotopic (exact) mass is 1070 g/mol. The summed E-state index contributed by atoms with van der Waals surface area (Å²) in [6, 6.07) is 0. The summed E-state index contributed by atoms with van der Waals surface area (Å²) in [5, 5.41) is 39.8. The van der Waals surface area contributed by atoms with Gasteiger partial charge in [0.1, 0.15) is 6.61 Å². The van der Waals surface area contributed by atoms with E-state index in [-0.39, 0.29) is 90.3 Å². The third kappa shape index (κ3) is 50.7. The molecule has 0 rings (SSSR count). The van der Waals surface area contributed by atoms with Gasteiger partial charge >= 0.3 is 35.8 Å². The smallest absolute Gasteiger partial charge is 0.317 e. The van der Waals surface area contributed by atoms with Gasteiger partial charge in [0.2, 0.25) is 5.91 Å². The number of allylic oxidation sites excluding steroid dienone is 12. The molecule has 0 aliphatic rings. The number of carboxylic acid groups (broad SMARTS) is 4. The van der Waals surface area contributed by atoms with Crippen molar-refractivity contribution in [2.45, 2.75) is 168 Å². The Morgan fingerprint density at radius 3 is 1.37 bits per heavy atom. The molecule has 0 saturated carbocycles. The van der Waals surface area contributed by atoms with Crippen LogP contribution in [-0.4, -0.2) is 168 Å². The number of nitrogens with zero attached hydrogens (tertiary/aromatic N) is 3. The van der Waals surface area contributed by atoms with Crippen molar-refractivity contribution in [3.8, 4) is 0 Å². The molecule has 1 amide bonds. The maximum Gasteiger partial charge on any atom is 0.317 e. The van der Waals surface area contributed by atoms with Crippen molar-refractivity contribution in [1.82, 2.24) is 20.0 Å². The summed E-state index contributed by atoms with van der Waals surface area (Å²) in [5.74, 6) is -5.87. The zero-order chi connectivity index (χ0) is 56.1. The number of amides is 1. The fraction of sp³-hybridized carbons (Fsp3) is 0.672. The second kappa shape index (κ2) is 51.7. The predicted octanol–water partition coefficient (Wildman–Crippen LogP) is 9.17. The maximum absolute atomic E-state index is 12.9. The van der Waals surface area contributed by atoms with Gasteiger partial charge in [-0.15, -0.1) is 0 Å². The number of hydrogen-bond donors (Lipinski definition) is 5. The minimum absolute atomic E-state index is 0.0194. The first kappa shape index (κ1) is 70.6. The molecule has 1 atom stereocenters. The van der Waals surface area contributed by atoms with Gasteiger partial charge in [-0.05, 0) is 96.3 Å². The van der Waals surface area contributed by atoms with E-state index in [1.54, 1.807) is 0 Å². The lowest BCUT2D eigenvalue weighted by atomic mass is 10.1. The van der Waals surface area contributed by atoms with Gasteiger partial charge in [-0.3, -0.25) is 48.3 Å². The summed E-state index contributed by atoms with van der Waals surface area (Å²) in [5.41, 5.74) is 0. The molecule has 0 aromatic carbocycles. The average molecular weight is 1070 g/mol. The Bertz CT molecular complexity index is 1730. The highest BCUT2D eigenvalue weighted by molar-refractivity contribution is 5.79. The van der Waals surface area contributed by atoms with E-state index in [2.05, 4.69) is 92.1 Å². The summed E-state index contributed by atoms with van der Waals surface area (Å²) >= 11 is 0. The van der Waals surface area contributed by atoms with Gasteiger partial charge in [0, 0.05) is 52.2 Å². The van der Waals surface area contributed by atoms with Crippen LogP contribution in [0.3, 0.4) is 0 Å². The Labute approximate surface area is 454 Å². The van der Waals surface area contributed by atoms with E-state index >= 15 is 0 Å². The van der Waals surface area contributed by atoms with Crippen molar-refractivity contribution < 1.29 is 68.2 Å². The molecule has 0 aromatic heterocycles. The molecule has 5 N–H and O–H groups in total. The predicted molar refractivity (Wildman–Crippen MR) is 297 cm³/mol. The Morgan fingerprint density at radius 1 is 0.434 bits per heavy atom. The lowest BCUT2D eigenvalue weighted by Gasteiger charge is -2.26. The highest BCUT2D eigenvalue weighted by atomic mass is 16.6. The number of carbonyl (C=O) groups is 7. The Hall–Kier alpha value is -5.43. The molecule has 18 heteroatoms. The van der Waals surface area contributed by atoms with Gasteiger partial charge in [0.15, 0.2) is 6.10 Å². The van der Waals surface area contributed by atoms with E-state index in [0.29, 0.717) is 19.3 Å². The van der Waals surface area contributed by atoms with Crippen LogP contribution in [0, 0.1) is 0 Å². The number of esters is 2. The van der Waals surface area contributed by atoms with E-state index in [0.717, 1.165) is 109 Å². The van der Waals surface area contributed by atoms with Crippen LogP contribution in [-0.2, 0) is 47.8 Å². The number of carboxylic acids is 4. The van der Waals surface area contributed by atoms with E-state index in [4.69, 9.17) is 24.4 Å². The zero-order valence-electron chi connectivity index (χ0n) is 46.2. The molecule has 0 bridgehead atoms. The Morgan fingerprint density at radius 2 is 0.855 bits per heavy atom. The summed E-state index contributed by atoms with van der Waals surface area (Å²) in [6.45, 7) is 2.97. The van der Waals surface area contributed by atoms with Crippen molar-refractivity contribution in [2.75, 3.05) is 85.3 Å². The zero-order valence-corrected chi connectivity index (χ0v) is 46.2. The lowest BCUT2D eigenvalue weighted by Crippen LogP contribution is -2.43. The number of ether oxygens (including phenoxy) is 3. The molecule has 18 nitrogen and oxygen atoms in total. The van der Waals surface area contributed by atoms with E-state index in [1.165, 1.54) is 14.7 Å². The molecule has 0 saturated heterocycles. The topological polar surface area (TPSA) is 250 Å². The number of carbonyl (C=O) groups excluding carboxylic acids is 3. The van der Waals surface area contributed by atoms with Gasteiger partial charge < -0.3 is 40.0 Å². The van der Waals surface area contributed by atoms with Crippen LogP contribution < -0.4 is 5.32 Å². The van der Waals surface area contributed by atoms with Crippen LogP contribution in [0.5, 0.6) is 0 Å². The second-order valence-electron chi connectivity index (χ2n) is 18.8. The first-order chi connectivity index (χ1) is 36.7. The van der Waals surface area contributed by atoms with Crippen molar-refractivity contribution in [3.05, 3.63) is 72.9 Å². The van der Waals surface area contributed by atoms with Gasteiger partial charge in [0.05, 0.1) is 39.3 Å². The molecule has 0 aliphatic carbocycles. The molecular formula is C58H96N4O14. The SMILES string of the molecule is CC/C=C/C/C=C/C/C=C/CCCCCCCC(=O)OCC(COCCCCNC(=O)CN(CCCN(CCN(CC(=O)O)CC(=O)O)CC(=O)O)CC(=O)O)OC(=O)CCCCCCC/C=C/C/C=C/C/C=C/CC. The molecule has 0 radical (unpaired) electrons. The minimum Gasteiger partial charge on any atom is -0.480 e. The molecular weight excluding hydrogens is 977 g/mol. The number of nitrogens with one attached hydrogen (secondary N) is 1. The van der Waals surface area contributed by atoms with E-state index < -0.39 is 62.1 Å². The molecule has 76 heavy (non-hydrogen) atoms. The quantitative estimate of drug-likeness (QED) is 0.0216. The molecule has 0 fully saturated rings. The number of aliphatic carboxylic acids is 4. The molecule has 0 aliphatic heterocycles. The van der Waals surface area contributed by atoms with Crippen LogP contribution in [0.2, 0.25) is 0 Å². The average Bonchev–Trinajstić information content (AvgIpc) is 3.35. The summed E-state index contributed by atoms with van der Waals surface area (Å²) in [6.07, 6.45) is 45.1. The first-order valence-corrected chi connectivity index (χ1v) is 27.9. The van der Waals surface area contributed by atoms with Crippen LogP contribution in [0.4, 0.5) is 0 Å². The number of unbranched alkanes of at least 4 members (excludes halogenated alkanes) is 11. The minimum atomic E-state index is -1.23. The third-order valence-corrected chi connectivity index (χ3v) is 11.6. The van der Waals surface area contributed by atoms with E-state index in [1.807, 2.05) is 0 Å². The first-order valence-electron chi connectivity index (χ1n) is 27.9. The maximum atomic E-state index is 12.9. The summed E-state index contributed by atoms with van der Waals surface area (Å²) in [7, 11) is 0. The van der Waals surface area contributed by atoms with Gasteiger partial charge in [-0.2, -0.15) is 0 Å². The second-order valence-corrected chi connectivity index (χ2v) is 18.8. The van der Waals surface area contributed by atoms with Crippen LogP contribution >= 0.6 is 0 Å². The van der Waals surface area contributed by atoms with Gasteiger partial charge in [-0.25, -0.2) is 0 Å². The van der Waals surface area contributed by atoms with Crippen molar-refractivity contribution in [3.63, 3.8) is 0 Å². The van der Waals surface area contributed by atoms with Crippen LogP contribution in [0.1, 0.15) is 162 Å². The Balaban J connectivity index is 4.92. The molecule has 432 valence electrons. The Kier molecular flexibility index (Phi) is 48.0. The van der Waals surface area contributed by atoms with E-state index in [9.17, 15) is 43.8 Å². The number of rotatable bonds is 53.